The number of carbonyl (C=O) groups is 1. The van der Waals surface area contributed by atoms with E-state index in [1.807, 2.05) is 36.4 Å². The number of hydrogen-bond acceptors (Lipinski definition) is 7. The Morgan fingerprint density at radius 1 is 0.794 bits per heavy atom. The molecular weight excluding hydrogens is 434 g/mol. The van der Waals surface area contributed by atoms with Gasteiger partial charge in [0.15, 0.2) is 17.3 Å². The van der Waals surface area contributed by atoms with Crippen molar-refractivity contribution in [3.63, 3.8) is 0 Å². The normalized spacial score (nSPS) is 13.2. The highest BCUT2D eigenvalue weighted by atomic mass is 16.5. The first-order valence-corrected chi connectivity index (χ1v) is 11.2. The molecule has 0 spiro atoms. The van der Waals surface area contributed by atoms with E-state index >= 15 is 0 Å². The molecule has 2 heterocycles. The summed E-state index contributed by atoms with van der Waals surface area (Å²) < 4.78 is 16.0. The lowest BCUT2D eigenvalue weighted by Gasteiger charge is -2.27. The number of methoxy groups -OCH3 is 3. The number of ether oxygens (including phenoxy) is 3. The van der Waals surface area contributed by atoms with Crippen LogP contribution in [0.3, 0.4) is 0 Å². The third-order valence-electron chi connectivity index (χ3n) is 5.69. The predicted molar refractivity (Wildman–Crippen MR) is 132 cm³/mol. The van der Waals surface area contributed by atoms with Gasteiger partial charge in [0.1, 0.15) is 0 Å². The number of aromatic nitrogens is 2. The monoisotopic (exact) mass is 463 g/mol. The molecule has 9 heteroatoms. The van der Waals surface area contributed by atoms with Crippen molar-refractivity contribution in [1.82, 2.24) is 10.2 Å². The van der Waals surface area contributed by atoms with Crippen LogP contribution in [-0.4, -0.2) is 50.6 Å². The minimum atomic E-state index is -0.396. The second-order valence-corrected chi connectivity index (χ2v) is 7.89. The molecule has 34 heavy (non-hydrogen) atoms. The van der Waals surface area contributed by atoms with Crippen LogP contribution in [0.1, 0.15) is 19.3 Å². The molecule has 0 bridgehead atoms. The molecule has 2 aromatic carbocycles. The van der Waals surface area contributed by atoms with Gasteiger partial charge in [0.05, 0.1) is 32.7 Å². The van der Waals surface area contributed by atoms with Gasteiger partial charge in [-0.1, -0.05) is 12.1 Å². The second-order valence-electron chi connectivity index (χ2n) is 7.89. The molecule has 9 nitrogen and oxygen atoms in total. The number of urea groups is 1. The van der Waals surface area contributed by atoms with E-state index in [9.17, 15) is 4.79 Å². The van der Waals surface area contributed by atoms with Crippen molar-refractivity contribution in [3.8, 4) is 28.5 Å². The fourth-order valence-electron chi connectivity index (χ4n) is 3.94. The zero-order valence-corrected chi connectivity index (χ0v) is 19.6. The van der Waals surface area contributed by atoms with Gasteiger partial charge in [0.2, 0.25) is 5.75 Å². The van der Waals surface area contributed by atoms with E-state index in [-0.39, 0.29) is 0 Å². The van der Waals surface area contributed by atoms with Gasteiger partial charge < -0.3 is 29.7 Å². The predicted octanol–water partition coefficient (Wildman–Crippen LogP) is 4.80. The van der Waals surface area contributed by atoms with E-state index in [0.29, 0.717) is 28.6 Å². The molecule has 1 saturated heterocycles. The van der Waals surface area contributed by atoms with E-state index in [1.54, 1.807) is 12.1 Å². The summed E-state index contributed by atoms with van der Waals surface area (Å²) in [4.78, 5) is 14.8. The fourth-order valence-corrected chi connectivity index (χ4v) is 3.94. The summed E-state index contributed by atoms with van der Waals surface area (Å²) in [6, 6.07) is 14.4. The smallest absolute Gasteiger partial charge is 0.323 e. The van der Waals surface area contributed by atoms with Crippen molar-refractivity contribution >= 4 is 23.2 Å². The molecule has 2 amide bonds. The average Bonchev–Trinajstić information content (AvgIpc) is 2.89. The number of nitrogens with one attached hydrogen (secondary N) is 2. The van der Waals surface area contributed by atoms with E-state index in [1.165, 1.54) is 40.6 Å². The number of amides is 2. The lowest BCUT2D eigenvalue weighted by molar-refractivity contribution is 0.262. The van der Waals surface area contributed by atoms with Crippen molar-refractivity contribution in [2.45, 2.75) is 19.3 Å². The number of carbonyl (C=O) groups excluding carboxylic acids is 1. The number of hydrogen-bond donors (Lipinski definition) is 2. The van der Waals surface area contributed by atoms with Gasteiger partial charge in [-0.15, -0.1) is 10.2 Å². The Bertz CT molecular complexity index is 1090. The standard InChI is InChI=1S/C25H29N5O4/c1-32-21-15-19(16-22(33-2)24(21)34-3)27-25(31)26-18-9-7-17(8-10-18)20-11-12-23(29-28-20)30-13-5-4-6-14-30/h7-12,15-16H,4-6,13-14H2,1-3H3,(H2,26,27,31). The van der Waals surface area contributed by atoms with Crippen LogP contribution >= 0.6 is 0 Å². The SMILES string of the molecule is COc1cc(NC(=O)Nc2ccc(-c3ccc(N4CCCCC4)nn3)cc2)cc(OC)c1OC. The lowest BCUT2D eigenvalue weighted by Crippen LogP contribution is -2.30. The highest BCUT2D eigenvalue weighted by molar-refractivity contribution is 6.00. The highest BCUT2D eigenvalue weighted by Crippen LogP contribution is 2.40. The Labute approximate surface area is 199 Å². The molecule has 4 rings (SSSR count). The topological polar surface area (TPSA) is 97.8 Å². The molecule has 0 radical (unpaired) electrons. The Morgan fingerprint density at radius 2 is 1.44 bits per heavy atom. The molecule has 3 aromatic rings. The van der Waals surface area contributed by atoms with Crippen molar-refractivity contribution in [2.75, 3.05) is 50.0 Å². The van der Waals surface area contributed by atoms with Crippen LogP contribution in [0.4, 0.5) is 22.0 Å². The Balaban J connectivity index is 1.39. The van der Waals surface area contributed by atoms with Gasteiger partial charge >= 0.3 is 6.03 Å². The molecule has 2 N–H and O–H groups in total. The van der Waals surface area contributed by atoms with Gasteiger partial charge in [-0.3, -0.25) is 0 Å². The first kappa shape index (κ1) is 23.2. The van der Waals surface area contributed by atoms with Gasteiger partial charge in [-0.05, 0) is 43.5 Å². The Kier molecular flexibility index (Phi) is 7.31. The number of anilines is 3. The molecule has 0 saturated carbocycles. The van der Waals surface area contributed by atoms with Gasteiger partial charge in [-0.2, -0.15) is 0 Å². The molecular formula is C25H29N5O4. The molecule has 1 aliphatic heterocycles. The molecule has 178 valence electrons. The second kappa shape index (κ2) is 10.7. The number of rotatable bonds is 7. The van der Waals surface area contributed by atoms with Crippen LogP contribution in [0.25, 0.3) is 11.3 Å². The van der Waals surface area contributed by atoms with E-state index in [2.05, 4.69) is 25.7 Å². The molecule has 0 atom stereocenters. The van der Waals surface area contributed by atoms with E-state index in [0.717, 1.165) is 30.2 Å². The van der Waals surface area contributed by atoms with Crippen LogP contribution in [0, 0.1) is 0 Å². The third-order valence-corrected chi connectivity index (χ3v) is 5.69. The Morgan fingerprint density at radius 3 is 2.00 bits per heavy atom. The summed E-state index contributed by atoms with van der Waals surface area (Å²) in [5.41, 5.74) is 2.86. The van der Waals surface area contributed by atoms with Crippen LogP contribution < -0.4 is 29.7 Å². The summed E-state index contributed by atoms with van der Waals surface area (Å²) in [5.74, 6) is 2.28. The number of benzene rings is 2. The minimum Gasteiger partial charge on any atom is -0.493 e. The van der Waals surface area contributed by atoms with E-state index in [4.69, 9.17) is 14.2 Å². The van der Waals surface area contributed by atoms with E-state index < -0.39 is 6.03 Å². The fraction of sp³-hybridized carbons (Fsp3) is 0.320. The Hall–Kier alpha value is -4.01. The summed E-state index contributed by atoms with van der Waals surface area (Å²) >= 11 is 0. The van der Waals surface area contributed by atoms with Crippen LogP contribution in [-0.2, 0) is 0 Å². The molecule has 1 aromatic heterocycles. The van der Waals surface area contributed by atoms with Crippen molar-refractivity contribution in [1.29, 1.82) is 0 Å². The summed E-state index contributed by atoms with van der Waals surface area (Å²) in [5, 5.41) is 14.4. The van der Waals surface area contributed by atoms with Crippen molar-refractivity contribution in [2.24, 2.45) is 0 Å². The minimum absolute atomic E-state index is 0.396. The van der Waals surface area contributed by atoms with Gasteiger partial charge in [0.25, 0.3) is 0 Å². The number of piperidine rings is 1. The van der Waals surface area contributed by atoms with Crippen LogP contribution in [0.2, 0.25) is 0 Å². The first-order chi connectivity index (χ1) is 16.6. The quantitative estimate of drug-likeness (QED) is 0.519. The molecule has 0 aliphatic carbocycles. The molecule has 1 fully saturated rings. The van der Waals surface area contributed by atoms with Crippen molar-refractivity contribution < 1.29 is 19.0 Å². The maximum Gasteiger partial charge on any atom is 0.323 e. The third kappa shape index (κ3) is 5.31. The summed E-state index contributed by atoms with van der Waals surface area (Å²) in [6.07, 6.45) is 3.68. The number of nitrogens with zero attached hydrogens (tertiary/aromatic N) is 3. The van der Waals surface area contributed by atoms with Crippen LogP contribution in [0.5, 0.6) is 17.2 Å². The first-order valence-electron chi connectivity index (χ1n) is 11.2. The van der Waals surface area contributed by atoms with Crippen LogP contribution in [0.15, 0.2) is 48.5 Å². The highest BCUT2D eigenvalue weighted by Gasteiger charge is 2.15. The summed E-state index contributed by atoms with van der Waals surface area (Å²) in [7, 11) is 4.57. The average molecular weight is 464 g/mol. The summed E-state index contributed by atoms with van der Waals surface area (Å²) in [6.45, 7) is 2.07. The molecule has 1 aliphatic rings. The maximum absolute atomic E-state index is 12.5. The van der Waals surface area contributed by atoms with Gasteiger partial charge in [0, 0.05) is 36.5 Å². The molecule has 0 unspecified atom stereocenters. The zero-order valence-electron chi connectivity index (χ0n) is 19.6. The largest absolute Gasteiger partial charge is 0.493 e. The maximum atomic E-state index is 12.5. The van der Waals surface area contributed by atoms with Crippen molar-refractivity contribution in [3.05, 3.63) is 48.5 Å². The lowest BCUT2D eigenvalue weighted by atomic mass is 10.1. The van der Waals surface area contributed by atoms with Gasteiger partial charge in [-0.25, -0.2) is 4.79 Å². The zero-order chi connectivity index (χ0) is 23.9.